The molecular formula is C13H12F6N2O. The monoisotopic (exact) mass is 326 g/mol. The van der Waals surface area contributed by atoms with Gasteiger partial charge in [0, 0.05) is 26.2 Å². The molecule has 0 unspecified atom stereocenters. The van der Waals surface area contributed by atoms with Gasteiger partial charge in [0.25, 0.3) is 5.91 Å². The second-order valence-electron chi connectivity index (χ2n) is 4.77. The van der Waals surface area contributed by atoms with Gasteiger partial charge in [0.2, 0.25) is 0 Å². The Morgan fingerprint density at radius 3 is 2.09 bits per heavy atom. The molecule has 1 aromatic carbocycles. The van der Waals surface area contributed by atoms with Crippen LogP contribution < -0.4 is 5.32 Å². The Morgan fingerprint density at radius 1 is 1.00 bits per heavy atom. The van der Waals surface area contributed by atoms with Gasteiger partial charge in [0.1, 0.15) is 0 Å². The summed E-state index contributed by atoms with van der Waals surface area (Å²) in [4.78, 5) is 13.3. The molecule has 0 atom stereocenters. The zero-order valence-corrected chi connectivity index (χ0v) is 11.2. The van der Waals surface area contributed by atoms with Gasteiger partial charge in [-0.15, -0.1) is 0 Å². The fourth-order valence-corrected chi connectivity index (χ4v) is 2.31. The van der Waals surface area contributed by atoms with Crippen molar-refractivity contribution in [2.75, 3.05) is 26.2 Å². The third-order valence-electron chi connectivity index (χ3n) is 3.29. The lowest BCUT2D eigenvalue weighted by Crippen LogP contribution is -2.46. The molecule has 122 valence electrons. The summed E-state index contributed by atoms with van der Waals surface area (Å²) < 4.78 is 77.7. The standard InChI is InChI=1S/C13H12F6N2O/c14-12(15,16)9-3-1-2-8(10(9)13(17,18)19)11(22)21-6-4-20-5-7-21/h1-3,20H,4-7H2. The Labute approximate surface area is 121 Å². The maximum absolute atomic E-state index is 13.1. The Bertz CT molecular complexity index is 561. The van der Waals surface area contributed by atoms with E-state index in [4.69, 9.17) is 0 Å². The van der Waals surface area contributed by atoms with E-state index in [0.717, 1.165) is 17.0 Å². The molecule has 0 bridgehead atoms. The van der Waals surface area contributed by atoms with Crippen LogP contribution in [0, 0.1) is 0 Å². The summed E-state index contributed by atoms with van der Waals surface area (Å²) in [5, 5.41) is 2.91. The number of nitrogens with zero attached hydrogens (tertiary/aromatic N) is 1. The molecule has 0 spiro atoms. The van der Waals surface area contributed by atoms with Crippen molar-refractivity contribution in [1.82, 2.24) is 10.2 Å². The largest absolute Gasteiger partial charge is 0.417 e. The van der Waals surface area contributed by atoms with Crippen LogP contribution in [0.3, 0.4) is 0 Å². The quantitative estimate of drug-likeness (QED) is 0.805. The number of rotatable bonds is 1. The van der Waals surface area contributed by atoms with Crippen molar-refractivity contribution >= 4 is 5.91 Å². The predicted octanol–water partition coefficient (Wildman–Crippen LogP) is 2.77. The van der Waals surface area contributed by atoms with Crippen molar-refractivity contribution in [3.63, 3.8) is 0 Å². The third-order valence-corrected chi connectivity index (χ3v) is 3.29. The highest BCUT2D eigenvalue weighted by Crippen LogP contribution is 2.42. The lowest BCUT2D eigenvalue weighted by molar-refractivity contribution is -0.162. The number of hydrogen-bond acceptors (Lipinski definition) is 2. The van der Waals surface area contributed by atoms with Crippen LogP contribution >= 0.6 is 0 Å². The zero-order chi connectivity index (χ0) is 16.5. The highest BCUT2D eigenvalue weighted by Gasteiger charge is 2.46. The first-order valence-electron chi connectivity index (χ1n) is 6.40. The number of alkyl halides is 6. The summed E-state index contributed by atoms with van der Waals surface area (Å²) in [6.45, 7) is 1.05. The van der Waals surface area contributed by atoms with Crippen LogP contribution in [-0.2, 0) is 12.4 Å². The first-order chi connectivity index (χ1) is 10.1. The molecule has 2 rings (SSSR count). The molecule has 1 saturated heterocycles. The van der Waals surface area contributed by atoms with Gasteiger partial charge >= 0.3 is 12.4 Å². The second-order valence-corrected chi connectivity index (χ2v) is 4.77. The molecule has 1 fully saturated rings. The van der Waals surface area contributed by atoms with Gasteiger partial charge in [-0.25, -0.2) is 0 Å². The van der Waals surface area contributed by atoms with Crippen molar-refractivity contribution in [3.8, 4) is 0 Å². The molecule has 9 heteroatoms. The molecule has 0 aromatic heterocycles. The van der Waals surface area contributed by atoms with Crippen molar-refractivity contribution in [2.24, 2.45) is 0 Å². The lowest BCUT2D eigenvalue weighted by atomic mass is 9.98. The fraction of sp³-hybridized carbons (Fsp3) is 0.462. The first-order valence-corrected chi connectivity index (χ1v) is 6.40. The van der Waals surface area contributed by atoms with Gasteiger partial charge in [0.15, 0.2) is 0 Å². The SMILES string of the molecule is O=C(c1cccc(C(F)(F)F)c1C(F)(F)F)N1CCNCC1. The topological polar surface area (TPSA) is 32.3 Å². The van der Waals surface area contributed by atoms with E-state index in [2.05, 4.69) is 5.32 Å². The second kappa shape index (κ2) is 5.79. The maximum Gasteiger partial charge on any atom is 0.417 e. The van der Waals surface area contributed by atoms with Crippen LogP contribution in [0.15, 0.2) is 18.2 Å². The smallest absolute Gasteiger partial charge is 0.336 e. The normalized spacial score (nSPS) is 16.7. The van der Waals surface area contributed by atoms with Crippen molar-refractivity contribution in [2.45, 2.75) is 12.4 Å². The van der Waals surface area contributed by atoms with E-state index in [1.165, 1.54) is 0 Å². The van der Waals surface area contributed by atoms with Gasteiger partial charge in [-0.2, -0.15) is 26.3 Å². The minimum absolute atomic E-state index is 0.145. The van der Waals surface area contributed by atoms with Gasteiger partial charge in [-0.3, -0.25) is 4.79 Å². The van der Waals surface area contributed by atoms with Crippen molar-refractivity contribution < 1.29 is 31.1 Å². The molecule has 3 nitrogen and oxygen atoms in total. The number of nitrogens with one attached hydrogen (secondary N) is 1. The lowest BCUT2D eigenvalue weighted by Gasteiger charge is -2.29. The maximum atomic E-state index is 13.1. The van der Waals surface area contributed by atoms with Gasteiger partial charge in [-0.05, 0) is 12.1 Å². The van der Waals surface area contributed by atoms with Crippen LogP contribution in [0.1, 0.15) is 21.5 Å². The summed E-state index contributed by atoms with van der Waals surface area (Å²) in [5.74, 6) is -1.04. The average molecular weight is 326 g/mol. The van der Waals surface area contributed by atoms with E-state index < -0.39 is 35.0 Å². The molecular weight excluding hydrogens is 314 g/mol. The van der Waals surface area contributed by atoms with E-state index in [9.17, 15) is 31.1 Å². The number of piperazine rings is 1. The number of carbonyl (C=O) groups excluding carboxylic acids is 1. The minimum atomic E-state index is -5.27. The van der Waals surface area contributed by atoms with Gasteiger partial charge in [0.05, 0.1) is 16.7 Å². The number of halogens is 6. The van der Waals surface area contributed by atoms with Crippen LogP contribution in [0.4, 0.5) is 26.3 Å². The zero-order valence-electron chi connectivity index (χ0n) is 11.2. The Morgan fingerprint density at radius 2 is 1.59 bits per heavy atom. The van der Waals surface area contributed by atoms with E-state index in [1.54, 1.807) is 0 Å². The molecule has 22 heavy (non-hydrogen) atoms. The number of carbonyl (C=O) groups is 1. The number of amides is 1. The molecule has 1 N–H and O–H groups in total. The average Bonchev–Trinajstić information content (AvgIpc) is 2.45. The van der Waals surface area contributed by atoms with Gasteiger partial charge in [-0.1, -0.05) is 6.07 Å². The van der Waals surface area contributed by atoms with E-state index in [1.807, 2.05) is 0 Å². The minimum Gasteiger partial charge on any atom is -0.336 e. The summed E-state index contributed by atoms with van der Waals surface area (Å²) in [6, 6.07) is 1.92. The van der Waals surface area contributed by atoms with Crippen molar-refractivity contribution in [1.29, 1.82) is 0 Å². The van der Waals surface area contributed by atoms with Crippen LogP contribution in [0.5, 0.6) is 0 Å². The highest BCUT2D eigenvalue weighted by molar-refractivity contribution is 5.96. The molecule has 1 aromatic rings. The van der Waals surface area contributed by atoms with E-state index in [0.29, 0.717) is 19.2 Å². The summed E-state index contributed by atoms with van der Waals surface area (Å²) in [6.07, 6.45) is -10.5. The molecule has 1 amide bonds. The molecule has 1 aliphatic heterocycles. The number of benzene rings is 1. The molecule has 1 aliphatic rings. The van der Waals surface area contributed by atoms with E-state index >= 15 is 0 Å². The third kappa shape index (κ3) is 3.34. The fourth-order valence-electron chi connectivity index (χ4n) is 2.31. The summed E-state index contributed by atoms with van der Waals surface area (Å²) in [5.41, 5.74) is -4.74. The van der Waals surface area contributed by atoms with Crippen LogP contribution in [0.2, 0.25) is 0 Å². The Balaban J connectivity index is 2.53. The van der Waals surface area contributed by atoms with Crippen LogP contribution in [-0.4, -0.2) is 37.0 Å². The van der Waals surface area contributed by atoms with Gasteiger partial charge < -0.3 is 10.2 Å². The predicted molar refractivity (Wildman–Crippen MR) is 65.2 cm³/mol. The number of hydrogen-bond donors (Lipinski definition) is 1. The molecule has 0 aliphatic carbocycles. The molecule has 0 radical (unpaired) electrons. The van der Waals surface area contributed by atoms with Crippen LogP contribution in [0.25, 0.3) is 0 Å². The molecule has 0 saturated carbocycles. The van der Waals surface area contributed by atoms with E-state index in [-0.39, 0.29) is 13.1 Å². The molecule has 1 heterocycles. The summed E-state index contributed by atoms with van der Waals surface area (Å²) in [7, 11) is 0. The highest BCUT2D eigenvalue weighted by atomic mass is 19.4. The Kier molecular flexibility index (Phi) is 4.37. The van der Waals surface area contributed by atoms with Crippen molar-refractivity contribution in [3.05, 3.63) is 34.9 Å². The summed E-state index contributed by atoms with van der Waals surface area (Å²) >= 11 is 0. The Hall–Kier alpha value is -1.77. The first kappa shape index (κ1) is 16.6.